The molecule has 0 radical (unpaired) electrons. The highest BCUT2D eigenvalue weighted by molar-refractivity contribution is 5.99. The van der Waals surface area contributed by atoms with Crippen molar-refractivity contribution < 1.29 is 45.8 Å². The monoisotopic (exact) mass is 556 g/mol. The molecule has 1 atom stereocenters. The Labute approximate surface area is 218 Å². The van der Waals surface area contributed by atoms with E-state index in [1.807, 2.05) is 13.0 Å². The van der Waals surface area contributed by atoms with Crippen LogP contribution >= 0.6 is 0 Å². The van der Waals surface area contributed by atoms with Crippen molar-refractivity contribution >= 4 is 17.8 Å². The molecule has 4 rings (SSSR count). The van der Waals surface area contributed by atoms with Gasteiger partial charge in [-0.2, -0.15) is 31.6 Å². The Morgan fingerprint density at radius 1 is 1.05 bits per heavy atom. The van der Waals surface area contributed by atoms with Crippen LogP contribution in [0.4, 0.5) is 26.3 Å². The SMILES string of the molecule is CC(c1ccc(C#N)cc1)N1CC(=O)N(Cc2ccc(C(F)(F)F)cc2)C2(CNC2)C1=O.O=C(O)C(F)(F)F. The first-order valence-corrected chi connectivity index (χ1v) is 11.4. The fourth-order valence-corrected chi connectivity index (χ4v) is 4.18. The van der Waals surface area contributed by atoms with Gasteiger partial charge < -0.3 is 20.2 Å². The highest BCUT2D eigenvalue weighted by atomic mass is 19.4. The Bertz CT molecular complexity index is 1270. The van der Waals surface area contributed by atoms with E-state index in [9.17, 15) is 35.9 Å². The van der Waals surface area contributed by atoms with Crippen LogP contribution in [0.2, 0.25) is 0 Å². The maximum atomic E-state index is 13.5. The molecule has 2 heterocycles. The van der Waals surface area contributed by atoms with Gasteiger partial charge in [0, 0.05) is 19.6 Å². The highest BCUT2D eigenvalue weighted by Gasteiger charge is 2.57. The highest BCUT2D eigenvalue weighted by Crippen LogP contribution is 2.35. The van der Waals surface area contributed by atoms with E-state index >= 15 is 0 Å². The number of amides is 2. The average molecular weight is 556 g/mol. The summed E-state index contributed by atoms with van der Waals surface area (Å²) in [4.78, 5) is 38.5. The second-order valence-electron chi connectivity index (χ2n) is 8.96. The number of alkyl halides is 6. The molecule has 0 aliphatic carbocycles. The molecule has 1 unspecified atom stereocenters. The Hall–Kier alpha value is -4.12. The molecule has 1 spiro atoms. The van der Waals surface area contributed by atoms with Crippen molar-refractivity contribution in [2.45, 2.75) is 37.4 Å². The van der Waals surface area contributed by atoms with Gasteiger partial charge in [-0.3, -0.25) is 9.59 Å². The number of carboxylic acids is 1. The van der Waals surface area contributed by atoms with Gasteiger partial charge in [0.15, 0.2) is 0 Å². The molecule has 8 nitrogen and oxygen atoms in total. The first kappa shape index (κ1) is 29.4. The third-order valence-electron chi connectivity index (χ3n) is 6.47. The zero-order valence-electron chi connectivity index (χ0n) is 20.3. The summed E-state index contributed by atoms with van der Waals surface area (Å²) in [6.07, 6.45) is -9.52. The van der Waals surface area contributed by atoms with Crippen LogP contribution in [-0.2, 0) is 27.1 Å². The molecular weight excluding hydrogens is 534 g/mol. The third kappa shape index (κ3) is 6.31. The van der Waals surface area contributed by atoms with Crippen LogP contribution in [0, 0.1) is 11.3 Å². The van der Waals surface area contributed by atoms with E-state index in [0.717, 1.165) is 17.7 Å². The summed E-state index contributed by atoms with van der Waals surface area (Å²) >= 11 is 0. The minimum atomic E-state index is -5.08. The average Bonchev–Trinajstić information content (AvgIpc) is 2.84. The van der Waals surface area contributed by atoms with Crippen molar-refractivity contribution in [3.05, 3.63) is 70.8 Å². The fourth-order valence-electron chi connectivity index (χ4n) is 4.18. The Morgan fingerprint density at radius 3 is 2.00 bits per heavy atom. The molecule has 2 saturated heterocycles. The summed E-state index contributed by atoms with van der Waals surface area (Å²) in [7, 11) is 0. The number of nitrogens with zero attached hydrogens (tertiary/aromatic N) is 3. The van der Waals surface area contributed by atoms with Gasteiger partial charge in [0.2, 0.25) is 5.91 Å². The number of nitriles is 1. The largest absolute Gasteiger partial charge is 0.490 e. The second-order valence-corrected chi connectivity index (χ2v) is 8.96. The molecule has 2 amide bonds. The number of hydrogen-bond donors (Lipinski definition) is 2. The van der Waals surface area contributed by atoms with Crippen LogP contribution in [0.1, 0.15) is 35.2 Å². The second kappa shape index (κ2) is 10.9. The summed E-state index contributed by atoms with van der Waals surface area (Å²) < 4.78 is 70.3. The molecule has 39 heavy (non-hydrogen) atoms. The van der Waals surface area contributed by atoms with Crippen LogP contribution < -0.4 is 5.32 Å². The van der Waals surface area contributed by atoms with E-state index in [0.29, 0.717) is 11.1 Å². The molecule has 2 aliphatic heterocycles. The lowest BCUT2D eigenvalue weighted by Crippen LogP contribution is -2.79. The van der Waals surface area contributed by atoms with Gasteiger partial charge in [-0.15, -0.1) is 0 Å². The van der Waals surface area contributed by atoms with Gasteiger partial charge in [-0.05, 0) is 42.3 Å². The van der Waals surface area contributed by atoms with Crippen LogP contribution in [0.15, 0.2) is 48.5 Å². The maximum absolute atomic E-state index is 13.5. The summed E-state index contributed by atoms with van der Waals surface area (Å²) in [5.74, 6) is -3.21. The lowest BCUT2D eigenvalue weighted by molar-refractivity contribution is -0.192. The van der Waals surface area contributed by atoms with E-state index in [4.69, 9.17) is 15.2 Å². The Balaban J connectivity index is 0.000000532. The van der Waals surface area contributed by atoms with Crippen LogP contribution in [0.3, 0.4) is 0 Å². The number of carbonyl (C=O) groups is 3. The van der Waals surface area contributed by atoms with Gasteiger partial charge in [0.25, 0.3) is 5.91 Å². The molecule has 0 aromatic heterocycles. The minimum Gasteiger partial charge on any atom is -0.475 e. The first-order chi connectivity index (χ1) is 18.1. The smallest absolute Gasteiger partial charge is 0.475 e. The van der Waals surface area contributed by atoms with Crippen molar-refractivity contribution in [3.63, 3.8) is 0 Å². The van der Waals surface area contributed by atoms with Crippen molar-refractivity contribution in [2.24, 2.45) is 0 Å². The van der Waals surface area contributed by atoms with Crippen LogP contribution in [0.5, 0.6) is 0 Å². The van der Waals surface area contributed by atoms with Crippen LogP contribution in [-0.4, -0.2) is 64.0 Å². The predicted octanol–water partition coefficient (Wildman–Crippen LogP) is 3.48. The fraction of sp³-hybridized carbons (Fsp3) is 0.360. The van der Waals surface area contributed by atoms with Crippen molar-refractivity contribution in [3.8, 4) is 6.07 Å². The number of nitrogens with one attached hydrogen (secondary N) is 1. The molecule has 2 fully saturated rings. The van der Waals surface area contributed by atoms with E-state index in [1.165, 1.54) is 21.9 Å². The van der Waals surface area contributed by atoms with Crippen molar-refractivity contribution in [2.75, 3.05) is 19.6 Å². The summed E-state index contributed by atoms with van der Waals surface area (Å²) in [6, 6.07) is 13.2. The minimum absolute atomic E-state index is 0.0590. The Kier molecular flexibility index (Phi) is 8.25. The van der Waals surface area contributed by atoms with E-state index in [1.54, 1.807) is 24.3 Å². The van der Waals surface area contributed by atoms with Crippen LogP contribution in [0.25, 0.3) is 0 Å². The molecule has 14 heteroatoms. The maximum Gasteiger partial charge on any atom is 0.490 e. The Morgan fingerprint density at radius 2 is 1.59 bits per heavy atom. The summed E-state index contributed by atoms with van der Waals surface area (Å²) in [5, 5.41) is 19.2. The molecule has 2 aromatic rings. The number of benzene rings is 2. The molecule has 2 N–H and O–H groups in total. The molecule has 2 aromatic carbocycles. The van der Waals surface area contributed by atoms with E-state index < -0.39 is 29.4 Å². The molecule has 208 valence electrons. The summed E-state index contributed by atoms with van der Waals surface area (Å²) in [5.41, 5.74) is 0.0238. The van der Waals surface area contributed by atoms with Gasteiger partial charge in [-0.1, -0.05) is 24.3 Å². The number of piperazine rings is 1. The number of hydrogen-bond acceptors (Lipinski definition) is 5. The zero-order chi connectivity index (χ0) is 29.2. The molecule has 0 saturated carbocycles. The van der Waals surface area contributed by atoms with Crippen molar-refractivity contribution in [1.29, 1.82) is 5.26 Å². The zero-order valence-corrected chi connectivity index (χ0v) is 20.3. The van der Waals surface area contributed by atoms with E-state index in [-0.39, 0.29) is 44.0 Å². The molecule has 2 aliphatic rings. The quantitative estimate of drug-likeness (QED) is 0.558. The van der Waals surface area contributed by atoms with Gasteiger partial charge >= 0.3 is 18.3 Å². The number of halogens is 6. The summed E-state index contributed by atoms with van der Waals surface area (Å²) in [6.45, 7) is 2.34. The third-order valence-corrected chi connectivity index (χ3v) is 6.47. The topological polar surface area (TPSA) is 114 Å². The van der Waals surface area contributed by atoms with Gasteiger partial charge in [0.05, 0.1) is 23.2 Å². The van der Waals surface area contributed by atoms with Crippen molar-refractivity contribution in [1.82, 2.24) is 15.1 Å². The standard InChI is InChI=1S/C23H21F3N4O2.C2HF3O2/c1-15(18-6-2-16(10-27)3-7-18)29-12-20(31)30(22(21(29)32)13-28-14-22)11-17-4-8-19(9-5-17)23(24,25)26;3-2(4,5)1(6)7/h2-9,15,28H,11-14H2,1H3;(H,6,7). The number of carbonyl (C=O) groups excluding carboxylic acids is 2. The number of aliphatic carboxylic acids is 1. The molecular formula is C25H22F6N4O4. The number of carboxylic acid groups (broad SMARTS) is 1. The number of rotatable bonds is 4. The lowest BCUT2D eigenvalue weighted by atomic mass is 9.84. The van der Waals surface area contributed by atoms with E-state index in [2.05, 4.69) is 5.32 Å². The van der Waals surface area contributed by atoms with Gasteiger partial charge in [-0.25, -0.2) is 4.79 Å². The normalized spacial score (nSPS) is 17.6. The predicted molar refractivity (Wildman–Crippen MR) is 123 cm³/mol. The lowest BCUT2D eigenvalue weighted by Gasteiger charge is -2.55. The molecule has 0 bridgehead atoms. The van der Waals surface area contributed by atoms with Gasteiger partial charge in [0.1, 0.15) is 12.1 Å². The first-order valence-electron chi connectivity index (χ1n) is 11.4.